The number of aliphatic imine (C=N–C) groups is 1. The first-order valence-corrected chi connectivity index (χ1v) is 9.22. The zero-order valence-corrected chi connectivity index (χ0v) is 16.0. The van der Waals surface area contributed by atoms with E-state index in [9.17, 15) is 4.79 Å². The van der Waals surface area contributed by atoms with Gasteiger partial charge in [-0.2, -0.15) is 5.10 Å². The van der Waals surface area contributed by atoms with Gasteiger partial charge in [-0.15, -0.1) is 0 Å². The van der Waals surface area contributed by atoms with Crippen molar-refractivity contribution in [3.63, 3.8) is 0 Å². The van der Waals surface area contributed by atoms with Gasteiger partial charge in [0.25, 0.3) is 0 Å². The predicted molar refractivity (Wildman–Crippen MR) is 100 cm³/mol. The second-order valence-electron chi connectivity index (χ2n) is 7.31. The van der Waals surface area contributed by atoms with Gasteiger partial charge < -0.3 is 15.5 Å². The molecule has 7 nitrogen and oxygen atoms in total. The van der Waals surface area contributed by atoms with Crippen LogP contribution in [0.5, 0.6) is 0 Å². The standard InChI is InChI=1S/C18H32N6O/c1-14(2)11-19-18(21-13-17(25)23(3)4)20-12-15-9-10-24(22-15)16-7-5-6-8-16/h9-10,14,16H,5-8,11-13H2,1-4H3,(H2,19,20,21). The molecule has 1 fully saturated rings. The zero-order valence-electron chi connectivity index (χ0n) is 16.0. The number of rotatable bonds is 7. The van der Waals surface area contributed by atoms with Crippen molar-refractivity contribution < 1.29 is 4.79 Å². The first-order chi connectivity index (χ1) is 12.0. The van der Waals surface area contributed by atoms with Crippen LogP contribution in [0.2, 0.25) is 0 Å². The highest BCUT2D eigenvalue weighted by molar-refractivity contribution is 5.86. The van der Waals surface area contributed by atoms with E-state index in [-0.39, 0.29) is 12.5 Å². The van der Waals surface area contributed by atoms with Gasteiger partial charge in [0.2, 0.25) is 5.91 Å². The van der Waals surface area contributed by atoms with Crippen LogP contribution in [-0.2, 0) is 11.3 Å². The second kappa shape index (κ2) is 9.44. The lowest BCUT2D eigenvalue weighted by molar-refractivity contribution is -0.127. The van der Waals surface area contributed by atoms with E-state index >= 15 is 0 Å². The third-order valence-electron chi connectivity index (χ3n) is 4.35. The van der Waals surface area contributed by atoms with Gasteiger partial charge in [-0.05, 0) is 24.8 Å². The van der Waals surface area contributed by atoms with Crippen LogP contribution in [0.3, 0.4) is 0 Å². The molecule has 0 aliphatic heterocycles. The van der Waals surface area contributed by atoms with Gasteiger partial charge in [0.1, 0.15) is 0 Å². The average Bonchev–Trinajstić information content (AvgIpc) is 3.24. The quantitative estimate of drug-likeness (QED) is 0.582. The van der Waals surface area contributed by atoms with Crippen LogP contribution in [-0.4, -0.2) is 53.7 Å². The number of amides is 1. The Kier molecular flexibility index (Phi) is 7.28. The molecule has 25 heavy (non-hydrogen) atoms. The Morgan fingerprint density at radius 3 is 2.72 bits per heavy atom. The van der Waals surface area contributed by atoms with Crippen LogP contribution in [0.15, 0.2) is 17.3 Å². The molecule has 0 bridgehead atoms. The molecule has 1 heterocycles. The molecular formula is C18H32N6O. The molecule has 2 N–H and O–H groups in total. The fourth-order valence-corrected chi connectivity index (χ4v) is 2.79. The Morgan fingerprint density at radius 2 is 2.08 bits per heavy atom. The fourth-order valence-electron chi connectivity index (χ4n) is 2.79. The molecule has 1 aliphatic rings. The van der Waals surface area contributed by atoms with E-state index in [4.69, 9.17) is 0 Å². The first kappa shape index (κ1) is 19.3. The lowest BCUT2D eigenvalue weighted by Crippen LogP contribution is -2.44. The number of nitrogens with zero attached hydrogens (tertiary/aromatic N) is 4. The molecule has 0 aromatic carbocycles. The number of aromatic nitrogens is 2. The summed E-state index contributed by atoms with van der Waals surface area (Å²) < 4.78 is 2.09. The Labute approximate surface area is 150 Å². The molecule has 1 saturated carbocycles. The summed E-state index contributed by atoms with van der Waals surface area (Å²) in [5.41, 5.74) is 0.955. The summed E-state index contributed by atoms with van der Waals surface area (Å²) in [5.74, 6) is 1.17. The monoisotopic (exact) mass is 348 g/mol. The van der Waals surface area contributed by atoms with E-state index in [1.807, 2.05) is 6.07 Å². The van der Waals surface area contributed by atoms with E-state index < -0.39 is 0 Å². The van der Waals surface area contributed by atoms with Crippen LogP contribution < -0.4 is 10.6 Å². The molecule has 1 aromatic heterocycles. The fraction of sp³-hybridized carbons (Fsp3) is 0.722. The van der Waals surface area contributed by atoms with Crippen LogP contribution in [0.4, 0.5) is 0 Å². The molecule has 0 unspecified atom stereocenters. The molecule has 1 amide bonds. The molecular weight excluding hydrogens is 316 g/mol. The number of likely N-dealkylation sites (N-methyl/N-ethyl adjacent to an activating group) is 1. The molecule has 0 radical (unpaired) electrons. The number of guanidine groups is 1. The van der Waals surface area contributed by atoms with E-state index in [1.165, 1.54) is 25.7 Å². The van der Waals surface area contributed by atoms with Crippen LogP contribution in [0.1, 0.15) is 51.3 Å². The van der Waals surface area contributed by atoms with Crippen molar-refractivity contribution in [2.45, 2.75) is 52.1 Å². The van der Waals surface area contributed by atoms with Gasteiger partial charge in [-0.1, -0.05) is 26.7 Å². The van der Waals surface area contributed by atoms with Crippen molar-refractivity contribution in [1.82, 2.24) is 25.3 Å². The van der Waals surface area contributed by atoms with E-state index in [2.05, 4.69) is 45.5 Å². The highest BCUT2D eigenvalue weighted by atomic mass is 16.2. The topological polar surface area (TPSA) is 74.5 Å². The summed E-state index contributed by atoms with van der Waals surface area (Å²) in [5, 5.41) is 11.0. The molecule has 1 aliphatic carbocycles. The molecule has 2 rings (SSSR count). The third-order valence-corrected chi connectivity index (χ3v) is 4.35. The number of carbonyl (C=O) groups is 1. The Bertz CT molecular complexity index is 572. The van der Waals surface area contributed by atoms with Crippen LogP contribution in [0, 0.1) is 5.92 Å². The second-order valence-corrected chi connectivity index (χ2v) is 7.31. The van der Waals surface area contributed by atoms with Gasteiger partial charge in [-0.3, -0.25) is 9.48 Å². The van der Waals surface area contributed by atoms with Crippen LogP contribution in [0.25, 0.3) is 0 Å². The lowest BCUT2D eigenvalue weighted by atomic mass is 10.2. The zero-order chi connectivity index (χ0) is 18.2. The number of carbonyl (C=O) groups excluding carboxylic acids is 1. The molecule has 0 saturated heterocycles. The van der Waals surface area contributed by atoms with Crippen molar-refractivity contribution in [1.29, 1.82) is 0 Å². The highest BCUT2D eigenvalue weighted by Crippen LogP contribution is 2.28. The van der Waals surface area contributed by atoms with E-state index in [1.54, 1.807) is 19.0 Å². The van der Waals surface area contributed by atoms with Crippen molar-refractivity contribution in [2.75, 3.05) is 27.2 Å². The maximum absolute atomic E-state index is 11.8. The van der Waals surface area contributed by atoms with Gasteiger partial charge >= 0.3 is 0 Å². The largest absolute Gasteiger partial charge is 0.356 e. The maximum Gasteiger partial charge on any atom is 0.241 e. The van der Waals surface area contributed by atoms with E-state index in [0.717, 1.165) is 12.2 Å². The minimum absolute atomic E-state index is 0.0181. The van der Waals surface area contributed by atoms with Crippen LogP contribution >= 0.6 is 0 Å². The van der Waals surface area contributed by atoms with Gasteiger partial charge in [0.15, 0.2) is 5.96 Å². The first-order valence-electron chi connectivity index (χ1n) is 9.22. The van der Waals surface area contributed by atoms with Gasteiger partial charge in [0.05, 0.1) is 24.8 Å². The summed E-state index contributed by atoms with van der Waals surface area (Å²) in [6.07, 6.45) is 7.10. The number of hydrogen-bond acceptors (Lipinski definition) is 3. The molecule has 7 heteroatoms. The minimum Gasteiger partial charge on any atom is -0.356 e. The average molecular weight is 348 g/mol. The highest BCUT2D eigenvalue weighted by Gasteiger charge is 2.17. The Morgan fingerprint density at radius 1 is 1.36 bits per heavy atom. The lowest BCUT2D eigenvalue weighted by Gasteiger charge is -2.15. The van der Waals surface area contributed by atoms with Crippen molar-refractivity contribution >= 4 is 11.9 Å². The van der Waals surface area contributed by atoms with Gasteiger partial charge in [-0.25, -0.2) is 4.99 Å². The van der Waals surface area contributed by atoms with E-state index in [0.29, 0.717) is 24.5 Å². The summed E-state index contributed by atoms with van der Waals surface area (Å²) in [7, 11) is 3.50. The minimum atomic E-state index is 0.0181. The summed E-state index contributed by atoms with van der Waals surface area (Å²) in [4.78, 5) is 17.9. The smallest absolute Gasteiger partial charge is 0.241 e. The van der Waals surface area contributed by atoms with Crippen molar-refractivity contribution in [3.05, 3.63) is 18.0 Å². The summed E-state index contributed by atoms with van der Waals surface area (Å²) in [6, 6.07) is 2.58. The molecule has 0 spiro atoms. The molecule has 0 atom stereocenters. The Hall–Kier alpha value is -2.05. The normalized spacial score (nSPS) is 15.6. The number of nitrogens with one attached hydrogen (secondary N) is 2. The van der Waals surface area contributed by atoms with Crippen molar-refractivity contribution in [3.8, 4) is 0 Å². The SMILES string of the molecule is CC(C)CNC(=NCc1ccn(C2CCCC2)n1)NCC(=O)N(C)C. The van der Waals surface area contributed by atoms with Gasteiger partial charge in [0, 0.05) is 26.8 Å². The summed E-state index contributed by atoms with van der Waals surface area (Å²) >= 11 is 0. The maximum atomic E-state index is 11.8. The van der Waals surface area contributed by atoms with Crippen molar-refractivity contribution in [2.24, 2.45) is 10.9 Å². The molecule has 1 aromatic rings. The third kappa shape index (κ3) is 6.40. The number of hydrogen-bond donors (Lipinski definition) is 2. The summed E-state index contributed by atoms with van der Waals surface area (Å²) in [6.45, 7) is 5.81. The Balaban J connectivity index is 1.93. The predicted octanol–water partition coefficient (Wildman–Crippen LogP) is 1.78. The molecule has 140 valence electrons.